The Bertz CT molecular complexity index is 434. The van der Waals surface area contributed by atoms with Gasteiger partial charge in [0.05, 0.1) is 5.56 Å². The lowest BCUT2D eigenvalue weighted by Gasteiger charge is -2.23. The molecule has 0 aliphatic carbocycles. The third-order valence-electron chi connectivity index (χ3n) is 3.53. The largest absolute Gasteiger partial charge is 0.351 e. The monoisotopic (exact) mass is 266 g/mol. The number of benzene rings is 1. The van der Waals surface area contributed by atoms with Crippen LogP contribution in [-0.2, 0) is 0 Å². The van der Waals surface area contributed by atoms with Crippen LogP contribution in [0.3, 0.4) is 0 Å². The number of nitrogens with zero attached hydrogens (tertiary/aromatic N) is 1. The third-order valence-corrected chi connectivity index (χ3v) is 3.53. The number of amides is 1. The molecule has 1 aromatic rings. The third kappa shape index (κ3) is 4.31. The minimum Gasteiger partial charge on any atom is -0.351 e. The normalized spacial score (nSPS) is 12.5. The number of carbonyl (C=O) groups is 1. The average molecular weight is 266 g/mol. The molecular weight excluding hydrogens is 243 g/mol. The van der Waals surface area contributed by atoms with Crippen molar-refractivity contribution < 1.29 is 9.18 Å². The van der Waals surface area contributed by atoms with Crippen molar-refractivity contribution in [1.82, 2.24) is 10.2 Å². The minimum absolute atomic E-state index is 0.117. The van der Waals surface area contributed by atoms with E-state index in [0.717, 1.165) is 13.0 Å². The first kappa shape index (κ1) is 15.6. The molecule has 19 heavy (non-hydrogen) atoms. The van der Waals surface area contributed by atoms with Gasteiger partial charge >= 0.3 is 0 Å². The van der Waals surface area contributed by atoms with E-state index in [2.05, 4.69) is 24.1 Å². The number of carbonyl (C=O) groups excluding carboxylic acids is 1. The molecule has 1 unspecified atom stereocenters. The standard InChI is InChI=1S/C15H23FN2O/c1-5-12(3)18(4)10-9-17-15(19)13-8-6-7-11(2)14(13)16/h6-8,12H,5,9-10H2,1-4H3,(H,17,19). The zero-order valence-corrected chi connectivity index (χ0v) is 12.2. The molecule has 0 fully saturated rings. The Morgan fingerprint density at radius 2 is 2.16 bits per heavy atom. The Morgan fingerprint density at radius 1 is 1.47 bits per heavy atom. The predicted octanol–water partition coefficient (Wildman–Crippen LogP) is 2.59. The van der Waals surface area contributed by atoms with Crippen molar-refractivity contribution in [3.63, 3.8) is 0 Å². The quantitative estimate of drug-likeness (QED) is 0.858. The molecule has 1 atom stereocenters. The zero-order valence-electron chi connectivity index (χ0n) is 12.2. The maximum Gasteiger partial charge on any atom is 0.254 e. The first-order valence-electron chi connectivity index (χ1n) is 6.71. The van der Waals surface area contributed by atoms with Gasteiger partial charge in [-0.05, 0) is 38.9 Å². The van der Waals surface area contributed by atoms with Gasteiger partial charge in [0.15, 0.2) is 0 Å². The number of rotatable bonds is 6. The van der Waals surface area contributed by atoms with Crippen molar-refractivity contribution in [1.29, 1.82) is 0 Å². The fourth-order valence-electron chi connectivity index (χ4n) is 1.80. The van der Waals surface area contributed by atoms with Gasteiger partial charge in [-0.2, -0.15) is 0 Å². The van der Waals surface area contributed by atoms with Crippen LogP contribution >= 0.6 is 0 Å². The molecule has 4 heteroatoms. The maximum absolute atomic E-state index is 13.7. The molecule has 1 rings (SSSR count). The summed E-state index contributed by atoms with van der Waals surface area (Å²) < 4.78 is 13.7. The highest BCUT2D eigenvalue weighted by molar-refractivity contribution is 5.94. The molecular formula is C15H23FN2O. The van der Waals surface area contributed by atoms with Crippen molar-refractivity contribution >= 4 is 5.91 Å². The summed E-state index contributed by atoms with van der Waals surface area (Å²) in [6.07, 6.45) is 1.07. The van der Waals surface area contributed by atoms with Gasteiger partial charge in [0.2, 0.25) is 0 Å². The fourth-order valence-corrected chi connectivity index (χ4v) is 1.80. The van der Waals surface area contributed by atoms with E-state index in [-0.39, 0.29) is 11.5 Å². The van der Waals surface area contributed by atoms with Crippen LogP contribution in [0.25, 0.3) is 0 Å². The van der Waals surface area contributed by atoms with Crippen LogP contribution < -0.4 is 5.32 Å². The Hall–Kier alpha value is -1.42. The Morgan fingerprint density at radius 3 is 2.79 bits per heavy atom. The van der Waals surface area contributed by atoms with Gasteiger partial charge in [-0.25, -0.2) is 4.39 Å². The van der Waals surface area contributed by atoms with Crippen molar-refractivity contribution in [2.75, 3.05) is 20.1 Å². The van der Waals surface area contributed by atoms with Crippen LogP contribution in [0.1, 0.15) is 36.2 Å². The lowest BCUT2D eigenvalue weighted by Crippen LogP contribution is -2.37. The summed E-state index contributed by atoms with van der Waals surface area (Å²) in [6.45, 7) is 7.20. The number of aryl methyl sites for hydroxylation is 1. The highest BCUT2D eigenvalue weighted by Crippen LogP contribution is 2.11. The summed E-state index contributed by atoms with van der Waals surface area (Å²) in [5.74, 6) is -0.783. The molecule has 1 N–H and O–H groups in total. The van der Waals surface area contributed by atoms with Crippen LogP contribution in [0.2, 0.25) is 0 Å². The van der Waals surface area contributed by atoms with Gasteiger partial charge in [0, 0.05) is 19.1 Å². The molecule has 0 heterocycles. The van der Waals surface area contributed by atoms with Gasteiger partial charge in [-0.1, -0.05) is 19.1 Å². The molecule has 0 bridgehead atoms. The SMILES string of the molecule is CCC(C)N(C)CCNC(=O)c1cccc(C)c1F. The molecule has 0 aromatic heterocycles. The lowest BCUT2D eigenvalue weighted by atomic mass is 10.1. The first-order valence-corrected chi connectivity index (χ1v) is 6.71. The molecule has 1 aromatic carbocycles. The van der Waals surface area contributed by atoms with Crippen molar-refractivity contribution in [2.24, 2.45) is 0 Å². The Labute approximate surface area is 114 Å². The van der Waals surface area contributed by atoms with Gasteiger partial charge in [0.1, 0.15) is 5.82 Å². The van der Waals surface area contributed by atoms with Crippen molar-refractivity contribution in [3.05, 3.63) is 35.1 Å². The van der Waals surface area contributed by atoms with Gasteiger partial charge < -0.3 is 10.2 Å². The van der Waals surface area contributed by atoms with Gasteiger partial charge in [-0.15, -0.1) is 0 Å². The van der Waals surface area contributed by atoms with Crippen LogP contribution in [0.15, 0.2) is 18.2 Å². The molecule has 106 valence electrons. The molecule has 0 radical (unpaired) electrons. The molecule has 0 aliphatic rings. The molecule has 0 aliphatic heterocycles. The second-order valence-electron chi connectivity index (χ2n) is 4.93. The summed E-state index contributed by atoms with van der Waals surface area (Å²) in [5, 5.41) is 2.76. The van der Waals surface area contributed by atoms with Crippen LogP contribution in [0, 0.1) is 12.7 Å². The first-order chi connectivity index (χ1) is 8.97. The summed E-state index contributed by atoms with van der Waals surface area (Å²) in [6, 6.07) is 5.34. The summed E-state index contributed by atoms with van der Waals surface area (Å²) in [7, 11) is 2.02. The Kier molecular flexibility index (Phi) is 5.96. The van der Waals surface area contributed by atoms with Crippen molar-refractivity contribution in [3.8, 4) is 0 Å². The van der Waals surface area contributed by atoms with E-state index in [1.165, 1.54) is 6.07 Å². The highest BCUT2D eigenvalue weighted by atomic mass is 19.1. The zero-order chi connectivity index (χ0) is 14.4. The van der Waals surface area contributed by atoms with Gasteiger partial charge in [-0.3, -0.25) is 4.79 Å². The summed E-state index contributed by atoms with van der Waals surface area (Å²) >= 11 is 0. The van der Waals surface area contributed by atoms with Crippen molar-refractivity contribution in [2.45, 2.75) is 33.2 Å². The number of likely N-dealkylation sites (N-methyl/N-ethyl adjacent to an activating group) is 1. The fraction of sp³-hybridized carbons (Fsp3) is 0.533. The predicted molar refractivity (Wildman–Crippen MR) is 75.9 cm³/mol. The highest BCUT2D eigenvalue weighted by Gasteiger charge is 2.13. The van der Waals surface area contributed by atoms with Crippen LogP contribution in [0.5, 0.6) is 0 Å². The minimum atomic E-state index is -0.435. The van der Waals surface area contributed by atoms with E-state index in [4.69, 9.17) is 0 Å². The molecule has 0 spiro atoms. The van der Waals surface area contributed by atoms with Crippen LogP contribution in [-0.4, -0.2) is 37.0 Å². The van der Waals surface area contributed by atoms with E-state index in [1.54, 1.807) is 19.1 Å². The maximum atomic E-state index is 13.7. The number of halogens is 1. The van der Waals surface area contributed by atoms with E-state index in [0.29, 0.717) is 18.2 Å². The van der Waals surface area contributed by atoms with E-state index in [1.807, 2.05) is 7.05 Å². The smallest absolute Gasteiger partial charge is 0.254 e. The molecule has 0 saturated heterocycles. The number of hydrogen-bond acceptors (Lipinski definition) is 2. The topological polar surface area (TPSA) is 32.3 Å². The summed E-state index contributed by atoms with van der Waals surface area (Å²) in [5.41, 5.74) is 0.607. The summed E-state index contributed by atoms with van der Waals surface area (Å²) in [4.78, 5) is 14.0. The Balaban J connectivity index is 2.50. The van der Waals surface area contributed by atoms with E-state index in [9.17, 15) is 9.18 Å². The van der Waals surface area contributed by atoms with E-state index >= 15 is 0 Å². The molecule has 1 amide bonds. The van der Waals surface area contributed by atoms with Gasteiger partial charge in [0.25, 0.3) is 5.91 Å². The molecule has 0 saturated carbocycles. The average Bonchev–Trinajstić information content (AvgIpc) is 2.40. The second-order valence-corrected chi connectivity index (χ2v) is 4.93. The lowest BCUT2D eigenvalue weighted by molar-refractivity contribution is 0.0943. The number of nitrogens with one attached hydrogen (secondary N) is 1. The van der Waals surface area contributed by atoms with E-state index < -0.39 is 5.82 Å². The number of hydrogen-bond donors (Lipinski definition) is 1. The van der Waals surface area contributed by atoms with Crippen LogP contribution in [0.4, 0.5) is 4.39 Å². The molecule has 3 nitrogen and oxygen atoms in total. The second kappa shape index (κ2) is 7.24.